The first-order chi connectivity index (χ1) is 18.4. The molecule has 0 heterocycles. The standard InChI is InChI=1S/C34H40O4/c1-22(35)5-3-2-4-14-38-32-30(26-6-8-28(9-7-26)33(36)37)13-11-27-10-12-29(18-31(27)32)34-19-23-15-24(20-34)17-25(16-23)21-34/h6-13,18,22-25,35H,2-5,14-17,19-21H2,1H3,(H,36,37). The summed E-state index contributed by atoms with van der Waals surface area (Å²) in [7, 11) is 0. The van der Waals surface area contributed by atoms with Crippen LogP contribution in [0.3, 0.4) is 0 Å². The summed E-state index contributed by atoms with van der Waals surface area (Å²) in [5.41, 5.74) is 4.09. The summed E-state index contributed by atoms with van der Waals surface area (Å²) in [6.07, 6.45) is 11.8. The Kier molecular flexibility index (Phi) is 6.94. The first-order valence-electron chi connectivity index (χ1n) is 14.6. The number of carbonyl (C=O) groups is 1. The molecule has 200 valence electrons. The fraction of sp³-hybridized carbons (Fsp3) is 0.500. The zero-order valence-electron chi connectivity index (χ0n) is 22.5. The number of aromatic carboxylic acids is 1. The molecule has 1 unspecified atom stereocenters. The first kappa shape index (κ1) is 25.4. The van der Waals surface area contributed by atoms with E-state index >= 15 is 0 Å². The fourth-order valence-electron chi connectivity index (χ4n) is 8.15. The van der Waals surface area contributed by atoms with Crippen molar-refractivity contribution in [2.24, 2.45) is 17.8 Å². The van der Waals surface area contributed by atoms with Crippen LogP contribution in [0.5, 0.6) is 5.75 Å². The van der Waals surface area contributed by atoms with E-state index in [0.29, 0.717) is 17.6 Å². The number of aliphatic hydroxyl groups is 1. The molecule has 0 spiro atoms. The van der Waals surface area contributed by atoms with E-state index in [0.717, 1.165) is 60.3 Å². The van der Waals surface area contributed by atoms with E-state index in [9.17, 15) is 15.0 Å². The molecule has 3 aromatic carbocycles. The zero-order chi connectivity index (χ0) is 26.3. The molecule has 4 heteroatoms. The quantitative estimate of drug-likeness (QED) is 0.270. The molecule has 4 aliphatic carbocycles. The lowest BCUT2D eigenvalue weighted by atomic mass is 9.48. The lowest BCUT2D eigenvalue weighted by Crippen LogP contribution is -2.48. The summed E-state index contributed by atoms with van der Waals surface area (Å²) in [6, 6.07) is 18.5. The predicted molar refractivity (Wildman–Crippen MR) is 152 cm³/mol. The number of ether oxygens (including phenoxy) is 1. The third-order valence-electron chi connectivity index (χ3n) is 9.58. The van der Waals surface area contributed by atoms with Gasteiger partial charge in [-0.1, -0.05) is 42.8 Å². The van der Waals surface area contributed by atoms with E-state index in [2.05, 4.69) is 30.3 Å². The van der Waals surface area contributed by atoms with E-state index in [1.54, 1.807) is 12.1 Å². The monoisotopic (exact) mass is 512 g/mol. The molecule has 2 N–H and O–H groups in total. The smallest absolute Gasteiger partial charge is 0.335 e. The van der Waals surface area contributed by atoms with Crippen LogP contribution in [0.4, 0.5) is 0 Å². The molecule has 38 heavy (non-hydrogen) atoms. The van der Waals surface area contributed by atoms with Gasteiger partial charge in [0.2, 0.25) is 0 Å². The van der Waals surface area contributed by atoms with Crippen molar-refractivity contribution in [3.05, 3.63) is 65.7 Å². The van der Waals surface area contributed by atoms with Crippen molar-refractivity contribution in [3.63, 3.8) is 0 Å². The molecule has 4 aliphatic rings. The Balaban J connectivity index is 1.35. The van der Waals surface area contributed by atoms with Crippen LogP contribution in [0.25, 0.3) is 21.9 Å². The topological polar surface area (TPSA) is 66.8 Å². The maximum Gasteiger partial charge on any atom is 0.335 e. The Hall–Kier alpha value is -2.85. The molecule has 7 rings (SSSR count). The molecular weight excluding hydrogens is 472 g/mol. The highest BCUT2D eigenvalue weighted by Crippen LogP contribution is 2.61. The number of carboxylic acids is 1. The van der Waals surface area contributed by atoms with Crippen LogP contribution in [0.1, 0.15) is 87.1 Å². The van der Waals surface area contributed by atoms with Crippen molar-refractivity contribution in [3.8, 4) is 16.9 Å². The number of hydrogen-bond donors (Lipinski definition) is 2. The van der Waals surface area contributed by atoms with Gasteiger partial charge in [-0.05, 0) is 123 Å². The van der Waals surface area contributed by atoms with Crippen molar-refractivity contribution in [2.45, 2.75) is 82.7 Å². The van der Waals surface area contributed by atoms with Gasteiger partial charge in [-0.15, -0.1) is 0 Å². The van der Waals surface area contributed by atoms with Crippen molar-refractivity contribution in [2.75, 3.05) is 6.61 Å². The maximum atomic E-state index is 11.4. The molecule has 4 bridgehead atoms. The number of unbranched alkanes of at least 4 members (excludes halogenated alkanes) is 2. The molecule has 0 aliphatic heterocycles. The molecule has 0 amide bonds. The molecule has 0 aromatic heterocycles. The minimum atomic E-state index is -0.913. The highest BCUT2D eigenvalue weighted by molar-refractivity contribution is 5.96. The summed E-state index contributed by atoms with van der Waals surface area (Å²) < 4.78 is 6.58. The van der Waals surface area contributed by atoms with E-state index in [4.69, 9.17) is 4.74 Å². The van der Waals surface area contributed by atoms with Gasteiger partial charge in [0, 0.05) is 10.9 Å². The van der Waals surface area contributed by atoms with Crippen LogP contribution in [-0.4, -0.2) is 28.9 Å². The van der Waals surface area contributed by atoms with E-state index < -0.39 is 5.97 Å². The SMILES string of the molecule is CC(O)CCCCCOc1c(-c2ccc(C(=O)O)cc2)ccc2ccc(C34CC5CC(CC(C5)C3)C4)cc12. The highest BCUT2D eigenvalue weighted by atomic mass is 16.5. The van der Waals surface area contributed by atoms with Crippen molar-refractivity contribution >= 4 is 16.7 Å². The van der Waals surface area contributed by atoms with Crippen LogP contribution >= 0.6 is 0 Å². The normalized spacial score (nSPS) is 26.5. The zero-order valence-corrected chi connectivity index (χ0v) is 22.5. The predicted octanol–water partition coefficient (Wildman–Crippen LogP) is 7.99. The lowest BCUT2D eigenvalue weighted by Gasteiger charge is -2.57. The van der Waals surface area contributed by atoms with Crippen LogP contribution < -0.4 is 4.74 Å². The van der Waals surface area contributed by atoms with Gasteiger partial charge in [0.1, 0.15) is 5.75 Å². The van der Waals surface area contributed by atoms with Crippen LogP contribution in [0, 0.1) is 17.8 Å². The second-order valence-electron chi connectivity index (χ2n) is 12.5. The Bertz CT molecular complexity index is 1270. The van der Waals surface area contributed by atoms with Crippen LogP contribution in [-0.2, 0) is 5.41 Å². The molecule has 1 atom stereocenters. The van der Waals surface area contributed by atoms with Gasteiger partial charge in [-0.3, -0.25) is 0 Å². The van der Waals surface area contributed by atoms with Crippen LogP contribution in [0.2, 0.25) is 0 Å². The number of rotatable bonds is 10. The molecule has 0 saturated heterocycles. The summed E-state index contributed by atoms with van der Waals surface area (Å²) >= 11 is 0. The minimum absolute atomic E-state index is 0.252. The van der Waals surface area contributed by atoms with Crippen LogP contribution in [0.15, 0.2) is 54.6 Å². The Labute approximate surface area is 226 Å². The molecule has 3 aromatic rings. The van der Waals surface area contributed by atoms with Crippen molar-refractivity contribution in [1.82, 2.24) is 0 Å². The van der Waals surface area contributed by atoms with Gasteiger partial charge < -0.3 is 14.9 Å². The van der Waals surface area contributed by atoms with E-state index in [1.807, 2.05) is 19.1 Å². The summed E-state index contributed by atoms with van der Waals surface area (Å²) in [4.78, 5) is 11.4. The fourth-order valence-corrected chi connectivity index (χ4v) is 8.15. The minimum Gasteiger partial charge on any atom is -0.492 e. The molecule has 4 nitrogen and oxygen atoms in total. The Morgan fingerprint density at radius 3 is 2.21 bits per heavy atom. The van der Waals surface area contributed by atoms with Gasteiger partial charge in [0.15, 0.2) is 0 Å². The number of benzene rings is 3. The molecular formula is C34H40O4. The third-order valence-corrected chi connectivity index (χ3v) is 9.58. The first-order valence-corrected chi connectivity index (χ1v) is 14.6. The highest BCUT2D eigenvalue weighted by Gasteiger charge is 2.51. The van der Waals surface area contributed by atoms with E-state index in [1.165, 1.54) is 54.9 Å². The Morgan fingerprint density at radius 1 is 0.921 bits per heavy atom. The molecule has 0 radical (unpaired) electrons. The second kappa shape index (κ2) is 10.4. The maximum absolute atomic E-state index is 11.4. The number of aliphatic hydroxyl groups excluding tert-OH is 1. The third kappa shape index (κ3) is 4.96. The van der Waals surface area contributed by atoms with Gasteiger partial charge in [0.05, 0.1) is 18.3 Å². The summed E-state index contributed by atoms with van der Waals surface area (Å²) in [5, 5.41) is 21.3. The number of hydrogen-bond acceptors (Lipinski definition) is 3. The van der Waals surface area contributed by atoms with Gasteiger partial charge in [0.25, 0.3) is 0 Å². The average molecular weight is 513 g/mol. The van der Waals surface area contributed by atoms with Gasteiger partial charge in [-0.2, -0.15) is 0 Å². The van der Waals surface area contributed by atoms with Gasteiger partial charge in [-0.25, -0.2) is 4.79 Å². The largest absolute Gasteiger partial charge is 0.492 e. The average Bonchev–Trinajstić information content (AvgIpc) is 2.89. The molecule has 4 saturated carbocycles. The number of carboxylic acid groups (broad SMARTS) is 1. The second-order valence-corrected chi connectivity index (χ2v) is 12.5. The van der Waals surface area contributed by atoms with E-state index in [-0.39, 0.29) is 6.10 Å². The Morgan fingerprint density at radius 2 is 1.58 bits per heavy atom. The van der Waals surface area contributed by atoms with Crippen molar-refractivity contribution < 1.29 is 19.7 Å². The van der Waals surface area contributed by atoms with Gasteiger partial charge >= 0.3 is 5.97 Å². The summed E-state index contributed by atoms with van der Waals surface area (Å²) in [5.74, 6) is 2.69. The van der Waals surface area contributed by atoms with Crippen molar-refractivity contribution in [1.29, 1.82) is 0 Å². The summed E-state index contributed by atoms with van der Waals surface area (Å²) in [6.45, 7) is 2.47. The molecule has 4 fully saturated rings. The number of fused-ring (bicyclic) bond motifs is 1. The lowest BCUT2D eigenvalue weighted by molar-refractivity contribution is -0.00513.